The summed E-state index contributed by atoms with van der Waals surface area (Å²) >= 11 is 1.53. The molecule has 2 amide bonds. The number of piperazine rings is 1. The number of rotatable bonds is 7. The average molecular weight is 419 g/mol. The fourth-order valence-corrected chi connectivity index (χ4v) is 3.91. The second kappa shape index (κ2) is 10.4. The van der Waals surface area contributed by atoms with E-state index in [1.54, 1.807) is 24.3 Å². The van der Waals surface area contributed by atoms with E-state index in [0.29, 0.717) is 44.0 Å². The summed E-state index contributed by atoms with van der Waals surface area (Å²) in [5, 5.41) is 2.68. The molecule has 1 fully saturated rings. The van der Waals surface area contributed by atoms with Gasteiger partial charge in [0.2, 0.25) is 11.8 Å². The van der Waals surface area contributed by atoms with E-state index in [0.717, 1.165) is 4.90 Å². The highest BCUT2D eigenvalue weighted by Crippen LogP contribution is 2.19. The van der Waals surface area contributed by atoms with Gasteiger partial charge in [0.05, 0.1) is 6.54 Å². The van der Waals surface area contributed by atoms with Crippen molar-refractivity contribution in [3.63, 3.8) is 0 Å². The second-order valence-electron chi connectivity index (χ2n) is 6.77. The maximum absolute atomic E-state index is 13.2. The monoisotopic (exact) mass is 419 g/mol. The number of hydrogen-bond donors (Lipinski definition) is 1. The van der Waals surface area contributed by atoms with Crippen LogP contribution < -0.4 is 5.32 Å². The van der Waals surface area contributed by atoms with Gasteiger partial charge in [-0.25, -0.2) is 8.78 Å². The zero-order valence-electron chi connectivity index (χ0n) is 15.9. The summed E-state index contributed by atoms with van der Waals surface area (Å²) < 4.78 is 26.1. The normalized spacial score (nSPS) is 14.6. The molecule has 29 heavy (non-hydrogen) atoms. The molecule has 0 atom stereocenters. The Morgan fingerprint density at radius 1 is 0.966 bits per heavy atom. The lowest BCUT2D eigenvalue weighted by atomic mass is 10.2. The number of halogens is 2. The van der Waals surface area contributed by atoms with Crippen molar-refractivity contribution in [3.05, 3.63) is 60.2 Å². The zero-order valence-corrected chi connectivity index (χ0v) is 16.8. The quantitative estimate of drug-likeness (QED) is 0.701. The maximum Gasteiger partial charge on any atom is 0.238 e. The molecule has 1 aliphatic heterocycles. The van der Waals surface area contributed by atoms with Crippen molar-refractivity contribution in [1.82, 2.24) is 9.80 Å². The van der Waals surface area contributed by atoms with Crippen LogP contribution in [0.25, 0.3) is 0 Å². The predicted molar refractivity (Wildman–Crippen MR) is 110 cm³/mol. The van der Waals surface area contributed by atoms with E-state index in [-0.39, 0.29) is 24.2 Å². The van der Waals surface area contributed by atoms with Crippen LogP contribution in [0.2, 0.25) is 0 Å². The molecule has 3 rings (SSSR count). The third kappa shape index (κ3) is 6.83. The van der Waals surface area contributed by atoms with Gasteiger partial charge < -0.3 is 10.2 Å². The van der Waals surface area contributed by atoms with Gasteiger partial charge in [-0.2, -0.15) is 0 Å². The summed E-state index contributed by atoms with van der Waals surface area (Å²) in [7, 11) is 0. The first-order valence-corrected chi connectivity index (χ1v) is 10.4. The van der Waals surface area contributed by atoms with E-state index in [2.05, 4.69) is 5.32 Å². The Morgan fingerprint density at radius 3 is 2.38 bits per heavy atom. The van der Waals surface area contributed by atoms with Gasteiger partial charge in [0.25, 0.3) is 0 Å². The number of benzene rings is 2. The van der Waals surface area contributed by atoms with Crippen LogP contribution in [0.3, 0.4) is 0 Å². The highest BCUT2D eigenvalue weighted by molar-refractivity contribution is 7.99. The van der Waals surface area contributed by atoms with Gasteiger partial charge in [-0.05, 0) is 42.5 Å². The van der Waals surface area contributed by atoms with Crippen LogP contribution in [0.5, 0.6) is 0 Å². The molecule has 0 spiro atoms. The van der Waals surface area contributed by atoms with Gasteiger partial charge in [0.15, 0.2) is 0 Å². The molecular formula is C21H23F2N3O2S. The maximum atomic E-state index is 13.2. The average Bonchev–Trinajstić information content (AvgIpc) is 2.70. The van der Waals surface area contributed by atoms with E-state index < -0.39 is 5.82 Å². The minimum absolute atomic E-state index is 0.0865. The number of anilines is 1. The summed E-state index contributed by atoms with van der Waals surface area (Å²) in [6, 6.07) is 12.0. The molecule has 1 heterocycles. The minimum atomic E-state index is -0.396. The van der Waals surface area contributed by atoms with Gasteiger partial charge in [0.1, 0.15) is 11.6 Å². The number of amides is 2. The number of carbonyl (C=O) groups is 2. The first kappa shape index (κ1) is 21.3. The molecule has 0 radical (unpaired) electrons. The van der Waals surface area contributed by atoms with E-state index in [1.807, 2.05) is 9.80 Å². The van der Waals surface area contributed by atoms with E-state index in [4.69, 9.17) is 0 Å². The molecule has 0 unspecified atom stereocenters. The molecule has 0 saturated carbocycles. The molecule has 8 heteroatoms. The largest absolute Gasteiger partial charge is 0.340 e. The van der Waals surface area contributed by atoms with Crippen LogP contribution in [-0.2, 0) is 9.59 Å². The van der Waals surface area contributed by atoms with Crippen LogP contribution in [0.15, 0.2) is 53.4 Å². The Balaban J connectivity index is 1.35. The topological polar surface area (TPSA) is 52.7 Å². The Kier molecular flexibility index (Phi) is 7.60. The van der Waals surface area contributed by atoms with Gasteiger partial charge in [-0.1, -0.05) is 6.07 Å². The predicted octanol–water partition coefficient (Wildman–Crippen LogP) is 3.23. The minimum Gasteiger partial charge on any atom is -0.340 e. The van der Waals surface area contributed by atoms with Gasteiger partial charge in [-0.3, -0.25) is 14.5 Å². The lowest BCUT2D eigenvalue weighted by Gasteiger charge is -2.34. The van der Waals surface area contributed by atoms with Gasteiger partial charge >= 0.3 is 0 Å². The number of nitrogens with zero attached hydrogens (tertiary/aromatic N) is 2. The molecule has 2 aromatic carbocycles. The molecule has 1 saturated heterocycles. The Labute approximate surface area is 173 Å². The van der Waals surface area contributed by atoms with Crippen molar-refractivity contribution in [1.29, 1.82) is 0 Å². The smallest absolute Gasteiger partial charge is 0.238 e. The highest BCUT2D eigenvalue weighted by Gasteiger charge is 2.22. The van der Waals surface area contributed by atoms with Gasteiger partial charge in [0, 0.05) is 48.9 Å². The standard InChI is InChI=1S/C21H23F2N3O2S/c22-16-4-6-19(7-5-16)29-13-8-21(28)26-11-9-25(10-12-26)15-20(27)24-18-3-1-2-17(23)14-18/h1-7,14H,8-13,15H2,(H,24,27). The SMILES string of the molecule is O=C(CN1CCN(C(=O)CCSc2ccc(F)cc2)CC1)Nc1cccc(F)c1. The first-order valence-electron chi connectivity index (χ1n) is 9.43. The number of hydrogen-bond acceptors (Lipinski definition) is 4. The Hall–Kier alpha value is -2.45. The summed E-state index contributed by atoms with van der Waals surface area (Å²) in [6.07, 6.45) is 0.419. The molecule has 5 nitrogen and oxygen atoms in total. The Bertz CT molecular complexity index is 840. The Morgan fingerprint density at radius 2 is 1.69 bits per heavy atom. The van der Waals surface area contributed by atoms with Crippen molar-refractivity contribution >= 4 is 29.3 Å². The van der Waals surface area contributed by atoms with Crippen molar-refractivity contribution in [2.45, 2.75) is 11.3 Å². The summed E-state index contributed by atoms with van der Waals surface area (Å²) in [5.41, 5.74) is 0.433. The van der Waals surface area contributed by atoms with Crippen LogP contribution in [0, 0.1) is 11.6 Å². The van der Waals surface area contributed by atoms with Crippen LogP contribution in [-0.4, -0.2) is 60.1 Å². The fraction of sp³-hybridized carbons (Fsp3) is 0.333. The molecule has 0 aromatic heterocycles. The van der Waals surface area contributed by atoms with Crippen molar-refractivity contribution < 1.29 is 18.4 Å². The number of nitrogens with one attached hydrogen (secondary N) is 1. The second-order valence-corrected chi connectivity index (χ2v) is 7.94. The lowest BCUT2D eigenvalue weighted by Crippen LogP contribution is -2.50. The third-order valence-electron chi connectivity index (χ3n) is 4.60. The lowest BCUT2D eigenvalue weighted by molar-refractivity contribution is -0.132. The van der Waals surface area contributed by atoms with E-state index >= 15 is 0 Å². The molecule has 154 valence electrons. The molecular weight excluding hydrogens is 396 g/mol. The molecule has 2 aromatic rings. The number of carbonyl (C=O) groups excluding carboxylic acids is 2. The van der Waals surface area contributed by atoms with E-state index in [9.17, 15) is 18.4 Å². The van der Waals surface area contributed by atoms with Crippen LogP contribution in [0.1, 0.15) is 6.42 Å². The molecule has 0 bridgehead atoms. The fourth-order valence-electron chi connectivity index (χ4n) is 3.07. The first-order chi connectivity index (χ1) is 14.0. The van der Waals surface area contributed by atoms with Crippen molar-refractivity contribution in [3.8, 4) is 0 Å². The van der Waals surface area contributed by atoms with Crippen molar-refractivity contribution in [2.24, 2.45) is 0 Å². The summed E-state index contributed by atoms with van der Waals surface area (Å²) in [6.45, 7) is 2.60. The molecule has 1 aliphatic rings. The highest BCUT2D eigenvalue weighted by atomic mass is 32.2. The zero-order chi connectivity index (χ0) is 20.6. The molecule has 0 aliphatic carbocycles. The van der Waals surface area contributed by atoms with Crippen LogP contribution in [0.4, 0.5) is 14.5 Å². The van der Waals surface area contributed by atoms with Gasteiger partial charge in [-0.15, -0.1) is 11.8 Å². The summed E-state index contributed by atoms with van der Waals surface area (Å²) in [5.74, 6) is -0.143. The number of thioether (sulfide) groups is 1. The summed E-state index contributed by atoms with van der Waals surface area (Å²) in [4.78, 5) is 29.2. The van der Waals surface area contributed by atoms with Crippen LogP contribution >= 0.6 is 11.8 Å². The third-order valence-corrected chi connectivity index (χ3v) is 5.61. The van der Waals surface area contributed by atoms with E-state index in [1.165, 1.54) is 36.0 Å². The van der Waals surface area contributed by atoms with Crippen molar-refractivity contribution in [2.75, 3.05) is 43.8 Å². The molecule has 1 N–H and O–H groups in total.